The molecular weight excluding hydrogens is 597 g/mol. The Bertz CT molecular complexity index is 2860. The summed E-state index contributed by atoms with van der Waals surface area (Å²) in [7, 11) is 0. The lowest BCUT2D eigenvalue weighted by Crippen LogP contribution is -1.96. The van der Waals surface area contributed by atoms with Crippen LogP contribution in [0.15, 0.2) is 186 Å². The van der Waals surface area contributed by atoms with E-state index in [4.69, 9.17) is 21.2 Å². The Hall–Kier alpha value is -6.58. The number of nitrogens with zero attached hydrogens (tertiary/aromatic N) is 2. The van der Waals surface area contributed by atoms with Crippen molar-refractivity contribution in [3.63, 3.8) is 0 Å². The zero-order valence-electron chi connectivity index (χ0n) is 31.2. The Morgan fingerprint density at radius 3 is 1.73 bits per heavy atom. The van der Waals surface area contributed by atoms with Crippen LogP contribution in [0.1, 0.15) is 6.85 Å². The van der Waals surface area contributed by atoms with Crippen molar-refractivity contribution in [1.29, 1.82) is 0 Å². The highest BCUT2D eigenvalue weighted by molar-refractivity contribution is 6.06. The molecule has 0 unspecified atom stereocenters. The smallest absolute Gasteiger partial charge is 0.160 e. The van der Waals surface area contributed by atoms with Crippen LogP contribution in [0.5, 0.6) is 0 Å². The number of aromatic nitrogens is 2. The summed E-state index contributed by atoms with van der Waals surface area (Å²) in [5.41, 5.74) is 9.75. The lowest BCUT2D eigenvalue weighted by Gasteiger charge is -2.14. The minimum atomic E-state index is -0.437. The number of hydrogen-bond acceptors (Lipinski definition) is 3. The van der Waals surface area contributed by atoms with E-state index >= 15 is 0 Å². The molecule has 230 valence electrons. The predicted octanol–water partition coefficient (Wildman–Crippen LogP) is 12.4. The summed E-state index contributed by atoms with van der Waals surface area (Å²) >= 11 is 0. The molecule has 3 nitrogen and oxygen atoms in total. The molecule has 7 aromatic carbocycles. The molecule has 0 aliphatic heterocycles. The SMILES string of the molecule is [2H]c1c([2H])c([2H])c(-c2cc(-c3ccc4oc5ccccc5c4c3)cc(-c3cc(-c4cccc(-c5ccccc5)c4)nc(-c4ccccc4)n3)c2)c([2H])c1[2H]. The van der Waals surface area contributed by atoms with Gasteiger partial charge in [-0.15, -0.1) is 0 Å². The third kappa shape index (κ3) is 5.58. The molecule has 9 aromatic rings. The quantitative estimate of drug-likeness (QED) is 0.183. The molecule has 2 heterocycles. The first kappa shape index (κ1) is 23.7. The fourth-order valence-corrected chi connectivity index (χ4v) is 6.33. The number of benzene rings is 7. The second-order valence-corrected chi connectivity index (χ2v) is 11.9. The molecule has 2 aromatic heterocycles. The van der Waals surface area contributed by atoms with Gasteiger partial charge in [0.25, 0.3) is 0 Å². The zero-order chi connectivity index (χ0) is 36.9. The van der Waals surface area contributed by atoms with Gasteiger partial charge in [0.2, 0.25) is 0 Å². The topological polar surface area (TPSA) is 38.9 Å². The molecular formula is C46H30N2O. The molecule has 0 bridgehead atoms. The van der Waals surface area contributed by atoms with Gasteiger partial charge in [-0.25, -0.2) is 9.97 Å². The molecule has 0 aliphatic carbocycles. The van der Waals surface area contributed by atoms with E-state index in [1.54, 1.807) is 0 Å². The first-order valence-corrected chi connectivity index (χ1v) is 16.1. The van der Waals surface area contributed by atoms with Gasteiger partial charge in [-0.2, -0.15) is 0 Å². The molecule has 0 radical (unpaired) electrons. The van der Waals surface area contributed by atoms with Gasteiger partial charge in [0.05, 0.1) is 18.2 Å². The standard InChI is InChI=1S/C46H30N2O/c1-4-13-31(14-5-1)34-19-12-20-36(25-34)42-30-43(48-46(47-42)33-17-8-3-9-18-33)39-27-37(32-15-6-2-7-16-32)26-38(28-39)35-23-24-45-41(29-35)40-21-10-11-22-44(40)49-45/h1-30H/i2D,6D,7D,15D,16D. The first-order valence-electron chi connectivity index (χ1n) is 18.6. The maximum Gasteiger partial charge on any atom is 0.160 e. The van der Waals surface area contributed by atoms with Crippen molar-refractivity contribution in [1.82, 2.24) is 9.97 Å². The second kappa shape index (κ2) is 12.2. The summed E-state index contributed by atoms with van der Waals surface area (Å²) in [6.45, 7) is 0. The molecule has 0 atom stereocenters. The maximum atomic E-state index is 8.87. The van der Waals surface area contributed by atoms with Crippen LogP contribution in [-0.4, -0.2) is 9.97 Å². The monoisotopic (exact) mass is 631 g/mol. The fourth-order valence-electron chi connectivity index (χ4n) is 6.33. The minimum Gasteiger partial charge on any atom is -0.456 e. The molecule has 0 spiro atoms. The van der Waals surface area contributed by atoms with E-state index in [9.17, 15) is 0 Å². The van der Waals surface area contributed by atoms with Crippen molar-refractivity contribution in [3.8, 4) is 67.3 Å². The summed E-state index contributed by atoms with van der Waals surface area (Å²) in [5, 5.41) is 1.94. The molecule has 49 heavy (non-hydrogen) atoms. The van der Waals surface area contributed by atoms with E-state index in [0.29, 0.717) is 22.6 Å². The van der Waals surface area contributed by atoms with Crippen LogP contribution in [-0.2, 0) is 0 Å². The van der Waals surface area contributed by atoms with Crippen LogP contribution in [0, 0.1) is 0 Å². The van der Waals surface area contributed by atoms with E-state index in [0.717, 1.165) is 61.0 Å². The lowest BCUT2D eigenvalue weighted by atomic mass is 9.93. The highest BCUT2D eigenvalue weighted by atomic mass is 16.3. The molecule has 0 aliphatic rings. The van der Waals surface area contributed by atoms with Crippen LogP contribution in [0.3, 0.4) is 0 Å². The Labute approximate surface area is 291 Å². The van der Waals surface area contributed by atoms with Crippen LogP contribution in [0.4, 0.5) is 0 Å². The van der Waals surface area contributed by atoms with Gasteiger partial charge in [0, 0.05) is 27.5 Å². The first-order chi connectivity index (χ1) is 26.3. The van der Waals surface area contributed by atoms with Gasteiger partial charge in [-0.05, 0) is 81.9 Å². The summed E-state index contributed by atoms with van der Waals surface area (Å²) in [4.78, 5) is 10.2. The highest BCUT2D eigenvalue weighted by Crippen LogP contribution is 2.37. The summed E-state index contributed by atoms with van der Waals surface area (Å²) in [6.07, 6.45) is 0. The molecule has 0 amide bonds. The fraction of sp³-hybridized carbons (Fsp3) is 0. The van der Waals surface area contributed by atoms with Gasteiger partial charge in [0.1, 0.15) is 11.2 Å². The van der Waals surface area contributed by atoms with Crippen molar-refractivity contribution in [2.24, 2.45) is 0 Å². The van der Waals surface area contributed by atoms with Crippen molar-refractivity contribution in [2.45, 2.75) is 0 Å². The van der Waals surface area contributed by atoms with Gasteiger partial charge < -0.3 is 4.42 Å². The third-order valence-corrected chi connectivity index (χ3v) is 8.75. The van der Waals surface area contributed by atoms with Gasteiger partial charge in [-0.3, -0.25) is 0 Å². The molecule has 0 saturated carbocycles. The molecule has 0 N–H and O–H groups in total. The second-order valence-electron chi connectivity index (χ2n) is 11.9. The van der Waals surface area contributed by atoms with Crippen LogP contribution < -0.4 is 0 Å². The van der Waals surface area contributed by atoms with Crippen LogP contribution in [0.25, 0.3) is 89.2 Å². The van der Waals surface area contributed by atoms with Gasteiger partial charge in [-0.1, -0.05) is 133 Å². The number of furan rings is 1. The third-order valence-electron chi connectivity index (χ3n) is 8.75. The number of para-hydroxylation sites is 1. The molecule has 9 rings (SSSR count). The molecule has 0 fully saturated rings. The van der Waals surface area contributed by atoms with Gasteiger partial charge in [0.15, 0.2) is 5.82 Å². The normalized spacial score (nSPS) is 12.7. The molecule has 0 saturated heterocycles. The maximum absolute atomic E-state index is 8.87. The summed E-state index contributed by atoms with van der Waals surface area (Å²) < 4.78 is 49.0. The summed E-state index contributed by atoms with van der Waals surface area (Å²) in [5.74, 6) is 0.536. The van der Waals surface area contributed by atoms with Crippen LogP contribution >= 0.6 is 0 Å². The Balaban J connectivity index is 1.29. The highest BCUT2D eigenvalue weighted by Gasteiger charge is 2.15. The number of hydrogen-bond donors (Lipinski definition) is 0. The largest absolute Gasteiger partial charge is 0.456 e. The van der Waals surface area contributed by atoms with Crippen molar-refractivity contribution in [2.75, 3.05) is 0 Å². The predicted molar refractivity (Wildman–Crippen MR) is 202 cm³/mol. The van der Waals surface area contributed by atoms with E-state index in [1.165, 1.54) is 0 Å². The van der Waals surface area contributed by atoms with E-state index < -0.39 is 18.1 Å². The van der Waals surface area contributed by atoms with Crippen molar-refractivity contribution < 1.29 is 11.3 Å². The van der Waals surface area contributed by atoms with Crippen molar-refractivity contribution in [3.05, 3.63) is 182 Å². The molecule has 3 heteroatoms. The number of fused-ring (bicyclic) bond motifs is 3. The van der Waals surface area contributed by atoms with E-state index in [-0.39, 0.29) is 17.6 Å². The Kier molecular flexibility index (Phi) is 5.91. The van der Waals surface area contributed by atoms with Gasteiger partial charge >= 0.3 is 0 Å². The average Bonchev–Trinajstić information content (AvgIpc) is 3.61. The van der Waals surface area contributed by atoms with E-state index in [2.05, 4.69) is 30.3 Å². The lowest BCUT2D eigenvalue weighted by molar-refractivity contribution is 0.669. The van der Waals surface area contributed by atoms with E-state index in [1.807, 2.05) is 121 Å². The minimum absolute atomic E-state index is 0.118. The Morgan fingerprint density at radius 1 is 0.367 bits per heavy atom. The van der Waals surface area contributed by atoms with Crippen LogP contribution in [0.2, 0.25) is 0 Å². The average molecular weight is 632 g/mol. The zero-order valence-corrected chi connectivity index (χ0v) is 26.2. The Morgan fingerprint density at radius 2 is 0.939 bits per heavy atom. The van der Waals surface area contributed by atoms with Crippen molar-refractivity contribution >= 4 is 21.9 Å². The number of rotatable bonds is 6. The summed E-state index contributed by atoms with van der Waals surface area (Å²) in [6, 6.07) is 48.1.